The zero-order valence-corrected chi connectivity index (χ0v) is 13.9. The van der Waals surface area contributed by atoms with Crippen molar-refractivity contribution >= 4 is 13.3 Å². The van der Waals surface area contributed by atoms with Crippen molar-refractivity contribution < 1.29 is 0 Å². The van der Waals surface area contributed by atoms with Crippen LogP contribution in [0, 0.1) is 5.92 Å². The molecule has 2 atom stereocenters. The lowest BCUT2D eigenvalue weighted by Gasteiger charge is -2.20. The molecule has 18 heavy (non-hydrogen) atoms. The molecule has 0 saturated heterocycles. The van der Waals surface area contributed by atoms with Gasteiger partial charge in [0.1, 0.15) is 0 Å². The number of hydrogen-bond donors (Lipinski definition) is 1. The van der Waals surface area contributed by atoms with E-state index in [-0.39, 0.29) is 0 Å². The lowest BCUT2D eigenvalue weighted by molar-refractivity contribution is 0.389. The van der Waals surface area contributed by atoms with Crippen LogP contribution in [0.15, 0.2) is 24.3 Å². The van der Waals surface area contributed by atoms with Gasteiger partial charge in [0.05, 0.1) is 8.07 Å². The molecule has 0 heterocycles. The summed E-state index contributed by atoms with van der Waals surface area (Å²) < 4.78 is 0. The first kappa shape index (κ1) is 15.5. The third kappa shape index (κ3) is 4.58. The van der Waals surface area contributed by atoms with Crippen molar-refractivity contribution in [3.05, 3.63) is 29.8 Å². The van der Waals surface area contributed by atoms with E-state index in [2.05, 4.69) is 70.0 Å². The lowest BCUT2D eigenvalue weighted by Crippen LogP contribution is -2.37. The molecule has 1 N–H and O–H groups in total. The molecular formula is C16H29NSi. The standard InChI is InChI=1S/C16H29NSi/c1-7-13(2)14(3)17-12-15-8-10-16(11-9-15)18(4,5)6/h8-11,13-14,17H,7,12H2,1-6H3. The third-order valence-electron chi connectivity index (χ3n) is 3.95. The zero-order valence-electron chi connectivity index (χ0n) is 12.9. The van der Waals surface area contributed by atoms with Crippen molar-refractivity contribution in [3.63, 3.8) is 0 Å². The summed E-state index contributed by atoms with van der Waals surface area (Å²) in [7, 11) is -1.15. The minimum absolute atomic E-state index is 0.590. The van der Waals surface area contributed by atoms with Crippen LogP contribution in [-0.4, -0.2) is 14.1 Å². The van der Waals surface area contributed by atoms with E-state index in [0.29, 0.717) is 6.04 Å². The van der Waals surface area contributed by atoms with Crippen molar-refractivity contribution in [1.82, 2.24) is 5.32 Å². The van der Waals surface area contributed by atoms with Crippen LogP contribution in [-0.2, 0) is 6.54 Å². The van der Waals surface area contributed by atoms with Gasteiger partial charge in [-0.25, -0.2) is 0 Å². The van der Waals surface area contributed by atoms with Crippen molar-refractivity contribution in [3.8, 4) is 0 Å². The van der Waals surface area contributed by atoms with Gasteiger partial charge < -0.3 is 5.32 Å². The Hall–Kier alpha value is -0.603. The van der Waals surface area contributed by atoms with Crippen LogP contribution in [0.5, 0.6) is 0 Å². The number of rotatable bonds is 6. The highest BCUT2D eigenvalue weighted by atomic mass is 28.3. The minimum atomic E-state index is -1.15. The average Bonchev–Trinajstić information content (AvgIpc) is 2.34. The SMILES string of the molecule is CCC(C)C(C)NCc1ccc([Si](C)(C)C)cc1. The maximum atomic E-state index is 3.62. The monoisotopic (exact) mass is 263 g/mol. The third-order valence-corrected chi connectivity index (χ3v) is 6.01. The Kier molecular flexibility index (Phi) is 5.61. The molecule has 102 valence electrons. The predicted molar refractivity (Wildman–Crippen MR) is 85.2 cm³/mol. The summed E-state index contributed by atoms with van der Waals surface area (Å²) in [4.78, 5) is 0. The van der Waals surface area contributed by atoms with Crippen molar-refractivity contribution in [1.29, 1.82) is 0 Å². The molecule has 0 spiro atoms. The number of benzene rings is 1. The Morgan fingerprint density at radius 2 is 1.61 bits per heavy atom. The first-order valence-electron chi connectivity index (χ1n) is 7.17. The topological polar surface area (TPSA) is 12.0 Å². The number of hydrogen-bond acceptors (Lipinski definition) is 1. The van der Waals surface area contributed by atoms with Gasteiger partial charge in [-0.2, -0.15) is 0 Å². The van der Waals surface area contributed by atoms with Crippen molar-refractivity contribution in [2.45, 2.75) is 59.4 Å². The molecule has 0 saturated carbocycles. The summed E-state index contributed by atoms with van der Waals surface area (Å²) in [6, 6.07) is 9.79. The van der Waals surface area contributed by atoms with Crippen molar-refractivity contribution in [2.75, 3.05) is 0 Å². The van der Waals surface area contributed by atoms with Gasteiger partial charge in [-0.05, 0) is 18.4 Å². The van der Waals surface area contributed by atoms with Crippen LogP contribution in [0.2, 0.25) is 19.6 Å². The smallest absolute Gasteiger partial charge is 0.0775 e. The summed E-state index contributed by atoms with van der Waals surface area (Å²) in [6.45, 7) is 15.0. The van der Waals surface area contributed by atoms with E-state index >= 15 is 0 Å². The van der Waals surface area contributed by atoms with E-state index in [4.69, 9.17) is 0 Å². The number of nitrogens with one attached hydrogen (secondary N) is 1. The maximum absolute atomic E-state index is 3.62. The zero-order chi connectivity index (χ0) is 13.8. The first-order chi connectivity index (χ1) is 8.34. The molecule has 0 radical (unpaired) electrons. The Balaban J connectivity index is 2.54. The van der Waals surface area contributed by atoms with Crippen LogP contribution in [0.25, 0.3) is 0 Å². The highest BCUT2D eigenvalue weighted by Gasteiger charge is 2.15. The summed E-state index contributed by atoms with van der Waals surface area (Å²) in [6.07, 6.45) is 1.24. The van der Waals surface area contributed by atoms with Crippen LogP contribution in [0.3, 0.4) is 0 Å². The fraction of sp³-hybridized carbons (Fsp3) is 0.625. The Morgan fingerprint density at radius 3 is 2.06 bits per heavy atom. The van der Waals surface area contributed by atoms with E-state index in [1.807, 2.05) is 0 Å². The van der Waals surface area contributed by atoms with Crippen LogP contribution >= 0.6 is 0 Å². The fourth-order valence-corrected chi connectivity index (χ4v) is 3.12. The van der Waals surface area contributed by atoms with Gasteiger partial charge in [0.2, 0.25) is 0 Å². The summed E-state index contributed by atoms with van der Waals surface area (Å²) in [5.74, 6) is 0.742. The minimum Gasteiger partial charge on any atom is -0.310 e. The average molecular weight is 264 g/mol. The molecule has 0 aliphatic heterocycles. The second kappa shape index (κ2) is 6.53. The first-order valence-corrected chi connectivity index (χ1v) is 10.7. The highest BCUT2D eigenvalue weighted by Crippen LogP contribution is 2.09. The second-order valence-corrected chi connectivity index (χ2v) is 11.6. The molecule has 1 nitrogen and oxygen atoms in total. The highest BCUT2D eigenvalue weighted by molar-refractivity contribution is 6.88. The normalized spacial score (nSPS) is 15.4. The second-order valence-electron chi connectivity index (χ2n) is 6.50. The fourth-order valence-electron chi connectivity index (χ4n) is 1.96. The van der Waals surface area contributed by atoms with Crippen LogP contribution in [0.4, 0.5) is 0 Å². The van der Waals surface area contributed by atoms with E-state index < -0.39 is 8.07 Å². The molecule has 1 aromatic rings. The van der Waals surface area contributed by atoms with E-state index in [1.165, 1.54) is 12.0 Å². The molecule has 2 heteroatoms. The van der Waals surface area contributed by atoms with Gasteiger partial charge in [-0.3, -0.25) is 0 Å². The van der Waals surface area contributed by atoms with Gasteiger partial charge in [0.15, 0.2) is 0 Å². The van der Waals surface area contributed by atoms with Crippen molar-refractivity contribution in [2.24, 2.45) is 5.92 Å². The Morgan fingerprint density at radius 1 is 1.06 bits per heavy atom. The van der Waals surface area contributed by atoms with E-state index in [9.17, 15) is 0 Å². The molecule has 0 aliphatic carbocycles. The molecule has 1 rings (SSSR count). The molecule has 1 aromatic carbocycles. The molecular weight excluding hydrogens is 234 g/mol. The van der Waals surface area contributed by atoms with E-state index in [1.54, 1.807) is 5.19 Å². The largest absolute Gasteiger partial charge is 0.310 e. The summed E-state index contributed by atoms with van der Waals surface area (Å²) >= 11 is 0. The van der Waals surface area contributed by atoms with Gasteiger partial charge in [-0.15, -0.1) is 0 Å². The van der Waals surface area contributed by atoms with Gasteiger partial charge >= 0.3 is 0 Å². The molecule has 0 bridgehead atoms. The van der Waals surface area contributed by atoms with Crippen LogP contribution < -0.4 is 10.5 Å². The van der Waals surface area contributed by atoms with Gasteiger partial charge in [0.25, 0.3) is 0 Å². The summed E-state index contributed by atoms with van der Waals surface area (Å²) in [5.41, 5.74) is 1.40. The molecule has 0 fully saturated rings. The Labute approximate surface area is 114 Å². The predicted octanol–water partition coefficient (Wildman–Crippen LogP) is 3.76. The molecule has 0 aromatic heterocycles. The quantitative estimate of drug-likeness (QED) is 0.771. The maximum Gasteiger partial charge on any atom is 0.0775 e. The molecule has 0 amide bonds. The van der Waals surface area contributed by atoms with Crippen LogP contribution in [0.1, 0.15) is 32.8 Å². The molecule has 0 aliphatic rings. The van der Waals surface area contributed by atoms with Gasteiger partial charge in [0, 0.05) is 12.6 Å². The summed E-state index contributed by atoms with van der Waals surface area (Å²) in [5, 5.41) is 5.16. The van der Waals surface area contributed by atoms with E-state index in [0.717, 1.165) is 12.5 Å². The lowest BCUT2D eigenvalue weighted by atomic mass is 10.0. The molecule has 2 unspecified atom stereocenters. The van der Waals surface area contributed by atoms with Gasteiger partial charge in [-0.1, -0.05) is 69.4 Å². The Bertz CT molecular complexity index is 350.